The molecule has 1 aliphatic heterocycles. The van der Waals surface area contributed by atoms with Gasteiger partial charge in [0.2, 0.25) is 0 Å². The number of ether oxygens (including phenoxy) is 1. The maximum Gasteiger partial charge on any atom is 0.396 e. The van der Waals surface area contributed by atoms with Crippen LogP contribution < -0.4 is 5.32 Å². The van der Waals surface area contributed by atoms with Crippen molar-refractivity contribution >= 4 is 11.9 Å². The second kappa shape index (κ2) is 9.05. The van der Waals surface area contributed by atoms with Crippen molar-refractivity contribution in [1.29, 1.82) is 0 Å². The number of hydrogen-bond donors (Lipinski definition) is 1. The van der Waals surface area contributed by atoms with E-state index in [9.17, 15) is 9.59 Å². The van der Waals surface area contributed by atoms with Crippen LogP contribution in [0, 0.1) is 0 Å². The first kappa shape index (κ1) is 22.4. The summed E-state index contributed by atoms with van der Waals surface area (Å²) in [6, 6.07) is 10.1. The maximum absolute atomic E-state index is 12.1. The van der Waals surface area contributed by atoms with Gasteiger partial charge in [0, 0.05) is 17.1 Å². The highest BCUT2D eigenvalue weighted by atomic mass is 16.7. The Morgan fingerprint density at radius 2 is 1.79 bits per heavy atom. The Morgan fingerprint density at radius 3 is 2.32 bits per heavy atom. The molecule has 0 saturated carbocycles. The lowest BCUT2D eigenvalue weighted by atomic mass is 9.74. The molecule has 0 aliphatic carbocycles. The van der Waals surface area contributed by atoms with E-state index in [-0.39, 0.29) is 23.2 Å². The molecule has 0 bridgehead atoms. The van der Waals surface area contributed by atoms with Gasteiger partial charge in [-0.05, 0) is 52.0 Å². The molecule has 1 N–H and O–H groups in total. The van der Waals surface area contributed by atoms with Crippen molar-refractivity contribution in [1.82, 2.24) is 10.4 Å². The SMILES string of the molecule is CCC1(CC)CC(NC(=O)C(=O)OC)CC(C)(C)N1OC(C)c1ccccc1. The minimum absolute atomic E-state index is 0.0841. The largest absolute Gasteiger partial charge is 0.462 e. The highest BCUT2D eigenvalue weighted by Crippen LogP contribution is 2.44. The van der Waals surface area contributed by atoms with Gasteiger partial charge in [0.1, 0.15) is 6.10 Å². The monoisotopic (exact) mass is 390 g/mol. The van der Waals surface area contributed by atoms with Crippen LogP contribution in [0.15, 0.2) is 30.3 Å². The lowest BCUT2D eigenvalue weighted by molar-refractivity contribution is -0.316. The Labute approximate surface area is 168 Å². The topological polar surface area (TPSA) is 67.9 Å². The van der Waals surface area contributed by atoms with Crippen LogP contribution in [0.5, 0.6) is 0 Å². The molecule has 2 atom stereocenters. The van der Waals surface area contributed by atoms with Crippen molar-refractivity contribution in [3.8, 4) is 0 Å². The molecular formula is C22H34N2O4. The van der Waals surface area contributed by atoms with E-state index >= 15 is 0 Å². The predicted molar refractivity (Wildman–Crippen MR) is 108 cm³/mol. The first-order valence-electron chi connectivity index (χ1n) is 10.1. The van der Waals surface area contributed by atoms with Gasteiger partial charge in [0.05, 0.1) is 7.11 Å². The summed E-state index contributed by atoms with van der Waals surface area (Å²) in [5.41, 5.74) is 0.570. The molecule has 1 heterocycles. The number of nitrogens with zero attached hydrogens (tertiary/aromatic N) is 1. The molecule has 28 heavy (non-hydrogen) atoms. The molecule has 1 aliphatic rings. The molecule has 2 unspecified atom stereocenters. The summed E-state index contributed by atoms with van der Waals surface area (Å²) in [5.74, 6) is -1.54. The van der Waals surface area contributed by atoms with Gasteiger partial charge in [0.15, 0.2) is 0 Å². The minimum atomic E-state index is -0.854. The van der Waals surface area contributed by atoms with E-state index in [1.807, 2.05) is 18.2 Å². The molecule has 6 nitrogen and oxygen atoms in total. The quantitative estimate of drug-likeness (QED) is 0.592. The minimum Gasteiger partial charge on any atom is -0.462 e. The highest BCUT2D eigenvalue weighted by molar-refractivity contribution is 6.32. The van der Waals surface area contributed by atoms with Gasteiger partial charge in [-0.25, -0.2) is 4.79 Å². The standard InChI is InChI=1S/C22H34N2O4/c1-7-22(8-2)15-18(23-19(25)20(26)27-6)14-21(4,5)24(22)28-16(3)17-12-10-9-11-13-17/h9-13,16,18H,7-8,14-15H2,1-6H3,(H,23,25). The zero-order chi connectivity index (χ0) is 20.9. The Balaban J connectivity index is 2.25. The van der Waals surface area contributed by atoms with Crippen LogP contribution in [0.25, 0.3) is 0 Å². The molecule has 1 fully saturated rings. The molecule has 1 aromatic rings. The third-order valence-electron chi connectivity index (χ3n) is 5.91. The van der Waals surface area contributed by atoms with Crippen molar-refractivity contribution in [3.05, 3.63) is 35.9 Å². The van der Waals surface area contributed by atoms with Crippen LogP contribution in [0.2, 0.25) is 0 Å². The molecule has 156 valence electrons. The molecular weight excluding hydrogens is 356 g/mol. The Kier molecular flexibility index (Phi) is 7.23. The number of piperidine rings is 1. The van der Waals surface area contributed by atoms with Gasteiger partial charge in [-0.15, -0.1) is 0 Å². The second-order valence-corrected chi connectivity index (χ2v) is 8.27. The van der Waals surface area contributed by atoms with E-state index in [1.54, 1.807) is 0 Å². The summed E-state index contributed by atoms with van der Waals surface area (Å²) in [4.78, 5) is 30.1. The van der Waals surface area contributed by atoms with Crippen molar-refractivity contribution < 1.29 is 19.2 Å². The summed E-state index contributed by atoms with van der Waals surface area (Å²) >= 11 is 0. The van der Waals surface area contributed by atoms with Gasteiger partial charge in [-0.1, -0.05) is 44.2 Å². The van der Waals surface area contributed by atoms with E-state index < -0.39 is 11.9 Å². The normalized spacial score (nSPS) is 22.3. The summed E-state index contributed by atoms with van der Waals surface area (Å²) < 4.78 is 4.55. The predicted octanol–water partition coefficient (Wildman–Crippen LogP) is 3.77. The number of carbonyl (C=O) groups excluding carboxylic acids is 2. The summed E-state index contributed by atoms with van der Waals surface area (Å²) in [6.45, 7) is 10.6. The Bertz CT molecular complexity index is 670. The van der Waals surface area contributed by atoms with Crippen LogP contribution >= 0.6 is 0 Å². The first-order chi connectivity index (χ1) is 13.2. The summed E-state index contributed by atoms with van der Waals surface area (Å²) in [5, 5.41) is 5.01. The third kappa shape index (κ3) is 4.73. The Hall–Kier alpha value is -1.92. The molecule has 1 aromatic carbocycles. The van der Waals surface area contributed by atoms with E-state index in [0.29, 0.717) is 12.8 Å². The number of amides is 1. The number of hydroxylamine groups is 2. The van der Waals surface area contributed by atoms with Crippen molar-refractivity contribution in [2.45, 2.75) is 83.5 Å². The van der Waals surface area contributed by atoms with Crippen LogP contribution in [-0.2, 0) is 19.2 Å². The molecule has 1 amide bonds. The van der Waals surface area contributed by atoms with Gasteiger partial charge in [-0.3, -0.25) is 9.63 Å². The third-order valence-corrected chi connectivity index (χ3v) is 5.91. The first-order valence-corrected chi connectivity index (χ1v) is 10.1. The van der Waals surface area contributed by atoms with E-state index in [0.717, 1.165) is 18.4 Å². The average Bonchev–Trinajstić information content (AvgIpc) is 2.69. The second-order valence-electron chi connectivity index (χ2n) is 8.27. The lowest BCUT2D eigenvalue weighted by Crippen LogP contribution is -2.66. The summed E-state index contributed by atoms with van der Waals surface area (Å²) in [7, 11) is 1.22. The smallest absolute Gasteiger partial charge is 0.396 e. The van der Waals surface area contributed by atoms with Crippen LogP contribution in [-0.4, -0.2) is 41.2 Å². The number of rotatable bonds is 6. The number of hydrogen-bond acceptors (Lipinski definition) is 5. The molecule has 6 heteroatoms. The highest BCUT2D eigenvalue weighted by Gasteiger charge is 2.50. The average molecular weight is 391 g/mol. The van der Waals surface area contributed by atoms with Crippen LogP contribution in [0.4, 0.5) is 0 Å². The van der Waals surface area contributed by atoms with Gasteiger partial charge >= 0.3 is 11.9 Å². The maximum atomic E-state index is 12.1. The fourth-order valence-corrected chi connectivity index (χ4v) is 4.40. The Morgan fingerprint density at radius 1 is 1.18 bits per heavy atom. The van der Waals surface area contributed by atoms with E-state index in [2.05, 4.69) is 61.9 Å². The van der Waals surface area contributed by atoms with Gasteiger partial charge in [-0.2, -0.15) is 5.06 Å². The van der Waals surface area contributed by atoms with Crippen LogP contribution in [0.3, 0.4) is 0 Å². The number of nitrogens with one attached hydrogen (secondary N) is 1. The molecule has 0 radical (unpaired) electrons. The molecule has 1 saturated heterocycles. The molecule has 0 aromatic heterocycles. The zero-order valence-electron chi connectivity index (χ0n) is 18.0. The number of carbonyl (C=O) groups is 2. The number of esters is 1. The molecule has 0 spiro atoms. The lowest BCUT2D eigenvalue weighted by Gasteiger charge is -2.57. The van der Waals surface area contributed by atoms with Gasteiger partial charge in [0.25, 0.3) is 0 Å². The van der Waals surface area contributed by atoms with Gasteiger partial charge < -0.3 is 10.1 Å². The van der Waals surface area contributed by atoms with Crippen molar-refractivity contribution in [2.24, 2.45) is 0 Å². The fourth-order valence-electron chi connectivity index (χ4n) is 4.40. The van der Waals surface area contributed by atoms with E-state index in [4.69, 9.17) is 4.84 Å². The van der Waals surface area contributed by atoms with Crippen LogP contribution in [0.1, 0.15) is 72.0 Å². The summed E-state index contributed by atoms with van der Waals surface area (Å²) in [6.07, 6.45) is 3.06. The fraction of sp³-hybridized carbons (Fsp3) is 0.636. The van der Waals surface area contributed by atoms with Crippen molar-refractivity contribution in [3.63, 3.8) is 0 Å². The number of methoxy groups -OCH3 is 1. The van der Waals surface area contributed by atoms with E-state index in [1.165, 1.54) is 7.11 Å². The number of benzene rings is 1. The zero-order valence-corrected chi connectivity index (χ0v) is 18.0. The molecule has 2 rings (SSSR count). The van der Waals surface area contributed by atoms with Crippen molar-refractivity contribution in [2.75, 3.05) is 7.11 Å².